The molecule has 0 spiro atoms. The Morgan fingerprint density at radius 1 is 1.00 bits per heavy atom. The maximum atomic E-state index is 12.2. The first-order valence-electron chi connectivity index (χ1n) is 6.20. The summed E-state index contributed by atoms with van der Waals surface area (Å²) in [7, 11) is -3.48. The van der Waals surface area contributed by atoms with Gasteiger partial charge in [0.1, 0.15) is 0 Å². The van der Waals surface area contributed by atoms with Gasteiger partial charge in [0, 0.05) is 11.0 Å². The van der Waals surface area contributed by atoms with Crippen LogP contribution in [0, 0.1) is 13.8 Å². The normalized spacial score (nSPS) is 11.6. The first-order chi connectivity index (χ1) is 9.38. The molecule has 2 aromatic rings. The second-order valence-corrected chi connectivity index (χ2v) is 7.35. The highest BCUT2D eigenvalue weighted by molar-refractivity contribution is 9.10. The fourth-order valence-electron chi connectivity index (χ4n) is 1.81. The van der Waals surface area contributed by atoms with E-state index < -0.39 is 10.0 Å². The van der Waals surface area contributed by atoms with Crippen molar-refractivity contribution in [2.75, 3.05) is 0 Å². The zero-order valence-electron chi connectivity index (χ0n) is 11.4. The largest absolute Gasteiger partial charge is 0.240 e. The van der Waals surface area contributed by atoms with Crippen LogP contribution in [0.5, 0.6) is 0 Å². The first kappa shape index (κ1) is 15.2. The molecular formula is C15H16BrNO2S. The minimum absolute atomic E-state index is 0.262. The van der Waals surface area contributed by atoms with Crippen LogP contribution in [0.15, 0.2) is 51.8 Å². The Kier molecular flexibility index (Phi) is 4.62. The number of sulfonamides is 1. The van der Waals surface area contributed by atoms with Crippen molar-refractivity contribution in [3.63, 3.8) is 0 Å². The van der Waals surface area contributed by atoms with Crippen LogP contribution in [0.1, 0.15) is 16.7 Å². The predicted octanol–water partition coefficient (Wildman–Crippen LogP) is 3.54. The van der Waals surface area contributed by atoms with Gasteiger partial charge in [0.15, 0.2) is 0 Å². The Labute approximate surface area is 128 Å². The van der Waals surface area contributed by atoms with Crippen LogP contribution in [0.2, 0.25) is 0 Å². The Balaban J connectivity index is 2.17. The molecule has 0 aliphatic carbocycles. The van der Waals surface area contributed by atoms with Gasteiger partial charge in [-0.3, -0.25) is 0 Å². The van der Waals surface area contributed by atoms with E-state index in [2.05, 4.69) is 20.7 Å². The van der Waals surface area contributed by atoms with E-state index in [0.29, 0.717) is 0 Å². The lowest BCUT2D eigenvalue weighted by atomic mass is 10.1. The molecule has 0 amide bonds. The number of benzene rings is 2. The first-order valence-corrected chi connectivity index (χ1v) is 8.47. The molecular weight excluding hydrogens is 338 g/mol. The van der Waals surface area contributed by atoms with E-state index in [1.165, 1.54) is 0 Å². The van der Waals surface area contributed by atoms with Gasteiger partial charge < -0.3 is 0 Å². The van der Waals surface area contributed by atoms with Crippen LogP contribution < -0.4 is 4.72 Å². The van der Waals surface area contributed by atoms with Crippen molar-refractivity contribution >= 4 is 26.0 Å². The van der Waals surface area contributed by atoms with Gasteiger partial charge in [-0.05, 0) is 37.6 Å². The summed E-state index contributed by atoms with van der Waals surface area (Å²) >= 11 is 3.43. The molecule has 20 heavy (non-hydrogen) atoms. The van der Waals surface area contributed by atoms with Gasteiger partial charge in [-0.15, -0.1) is 0 Å². The Morgan fingerprint density at radius 3 is 2.25 bits per heavy atom. The lowest BCUT2D eigenvalue weighted by Crippen LogP contribution is -2.23. The summed E-state index contributed by atoms with van der Waals surface area (Å²) in [5, 5.41) is 0. The van der Waals surface area contributed by atoms with Gasteiger partial charge in [-0.2, -0.15) is 0 Å². The summed E-state index contributed by atoms with van der Waals surface area (Å²) in [6.45, 7) is 4.16. The van der Waals surface area contributed by atoms with E-state index in [4.69, 9.17) is 0 Å². The fourth-order valence-corrected chi connectivity index (χ4v) is 3.21. The second kappa shape index (κ2) is 6.08. The molecule has 5 heteroatoms. The molecule has 2 rings (SSSR count). The molecule has 0 aromatic heterocycles. The van der Waals surface area contributed by atoms with E-state index in [9.17, 15) is 8.42 Å². The van der Waals surface area contributed by atoms with E-state index >= 15 is 0 Å². The van der Waals surface area contributed by atoms with Gasteiger partial charge in [0.2, 0.25) is 10.0 Å². The average Bonchev–Trinajstić information content (AvgIpc) is 2.40. The zero-order valence-corrected chi connectivity index (χ0v) is 13.8. The van der Waals surface area contributed by atoms with Gasteiger partial charge in [0.05, 0.1) is 4.90 Å². The van der Waals surface area contributed by atoms with Crippen molar-refractivity contribution < 1.29 is 8.42 Å². The predicted molar refractivity (Wildman–Crippen MR) is 84.1 cm³/mol. The van der Waals surface area contributed by atoms with Gasteiger partial charge in [-0.25, -0.2) is 13.1 Å². The van der Waals surface area contributed by atoms with Gasteiger partial charge in [-0.1, -0.05) is 51.3 Å². The molecule has 0 radical (unpaired) electrons. The molecule has 0 saturated carbocycles. The molecule has 0 fully saturated rings. The number of rotatable bonds is 4. The van der Waals surface area contributed by atoms with Gasteiger partial charge in [0.25, 0.3) is 0 Å². The maximum absolute atomic E-state index is 12.2. The maximum Gasteiger partial charge on any atom is 0.240 e. The number of hydrogen-bond acceptors (Lipinski definition) is 2. The Morgan fingerprint density at radius 2 is 1.60 bits per heavy atom. The second-order valence-electron chi connectivity index (χ2n) is 4.73. The van der Waals surface area contributed by atoms with Gasteiger partial charge >= 0.3 is 0 Å². The average molecular weight is 354 g/mol. The van der Waals surface area contributed by atoms with Crippen LogP contribution in [-0.4, -0.2) is 8.42 Å². The topological polar surface area (TPSA) is 46.2 Å². The van der Waals surface area contributed by atoms with Crippen LogP contribution in [-0.2, 0) is 16.6 Å². The van der Waals surface area contributed by atoms with Crippen molar-refractivity contribution in [1.29, 1.82) is 0 Å². The number of aryl methyl sites for hydroxylation is 2. The number of hydrogen-bond donors (Lipinski definition) is 1. The SMILES string of the molecule is Cc1ccc(S(=O)(=O)NCc2cc(C)ccc2Br)cc1. The molecule has 2 aromatic carbocycles. The lowest BCUT2D eigenvalue weighted by Gasteiger charge is -2.09. The summed E-state index contributed by atoms with van der Waals surface area (Å²) in [5.41, 5.74) is 3.05. The van der Waals surface area contributed by atoms with E-state index in [1.807, 2.05) is 32.0 Å². The third kappa shape index (κ3) is 3.69. The molecule has 0 aliphatic heterocycles. The third-order valence-corrected chi connectivity index (χ3v) is 5.18. The molecule has 0 saturated heterocycles. The van der Waals surface area contributed by atoms with Crippen molar-refractivity contribution in [3.8, 4) is 0 Å². The molecule has 3 nitrogen and oxygen atoms in total. The van der Waals surface area contributed by atoms with Crippen molar-refractivity contribution in [2.45, 2.75) is 25.3 Å². The summed E-state index contributed by atoms with van der Waals surface area (Å²) < 4.78 is 27.9. The number of nitrogens with one attached hydrogen (secondary N) is 1. The molecule has 0 bridgehead atoms. The molecule has 106 valence electrons. The highest BCUT2D eigenvalue weighted by Crippen LogP contribution is 2.19. The van der Waals surface area contributed by atoms with Crippen molar-refractivity contribution in [2.24, 2.45) is 0 Å². The summed E-state index contributed by atoms with van der Waals surface area (Å²) in [6, 6.07) is 12.7. The Bertz CT molecular complexity index is 709. The van der Waals surface area contributed by atoms with Crippen LogP contribution >= 0.6 is 15.9 Å². The summed E-state index contributed by atoms with van der Waals surface area (Å²) in [6.07, 6.45) is 0. The fraction of sp³-hybridized carbons (Fsp3) is 0.200. The van der Waals surface area contributed by atoms with Crippen molar-refractivity contribution in [3.05, 3.63) is 63.6 Å². The summed E-state index contributed by atoms with van der Waals surface area (Å²) in [4.78, 5) is 0.284. The molecule has 0 heterocycles. The minimum Gasteiger partial charge on any atom is -0.207 e. The van der Waals surface area contributed by atoms with Crippen LogP contribution in [0.25, 0.3) is 0 Å². The van der Waals surface area contributed by atoms with Crippen molar-refractivity contribution in [1.82, 2.24) is 4.72 Å². The highest BCUT2D eigenvalue weighted by atomic mass is 79.9. The summed E-state index contributed by atoms with van der Waals surface area (Å²) in [5.74, 6) is 0. The molecule has 0 atom stereocenters. The van der Waals surface area contributed by atoms with Crippen LogP contribution in [0.3, 0.4) is 0 Å². The van der Waals surface area contributed by atoms with E-state index in [1.54, 1.807) is 24.3 Å². The monoisotopic (exact) mass is 353 g/mol. The number of halogens is 1. The van der Waals surface area contributed by atoms with Crippen LogP contribution in [0.4, 0.5) is 0 Å². The Hall–Kier alpha value is -1.17. The lowest BCUT2D eigenvalue weighted by molar-refractivity contribution is 0.581. The van der Waals surface area contributed by atoms with E-state index in [-0.39, 0.29) is 11.4 Å². The standard InChI is InChI=1S/C15H16BrNO2S/c1-11-3-6-14(7-4-11)20(18,19)17-10-13-9-12(2)5-8-15(13)16/h3-9,17H,10H2,1-2H3. The molecule has 0 unspecified atom stereocenters. The minimum atomic E-state index is -3.48. The highest BCUT2D eigenvalue weighted by Gasteiger charge is 2.13. The smallest absolute Gasteiger partial charge is 0.207 e. The molecule has 0 aliphatic rings. The molecule has 1 N–H and O–H groups in total. The third-order valence-electron chi connectivity index (χ3n) is 2.99. The zero-order chi connectivity index (χ0) is 14.8. The quantitative estimate of drug-likeness (QED) is 0.913. The van der Waals surface area contributed by atoms with E-state index in [0.717, 1.165) is 21.2 Å².